The van der Waals surface area contributed by atoms with Crippen LogP contribution in [0.1, 0.15) is 112 Å². The molecule has 0 bridgehead atoms. The molecule has 1 fully saturated rings. The zero-order chi connectivity index (χ0) is 16.6. The average Bonchev–Trinajstić information content (AvgIpc) is 3.30. The first kappa shape index (κ1) is 20.0. The Labute approximate surface area is 141 Å². The number of rotatable bonds is 13. The van der Waals surface area contributed by atoms with Crippen molar-refractivity contribution in [2.45, 2.75) is 112 Å². The highest BCUT2D eigenvalue weighted by Gasteiger charge is 2.39. The van der Waals surface area contributed by atoms with E-state index < -0.39 is 0 Å². The molecule has 0 aliphatic heterocycles. The van der Waals surface area contributed by atoms with Crippen molar-refractivity contribution in [3.8, 4) is 0 Å². The molecular formula is C22H44. The number of hydrogen-bond acceptors (Lipinski definition) is 0. The largest absolute Gasteiger partial charge is 0.0654 e. The Morgan fingerprint density at radius 3 is 1.73 bits per heavy atom. The minimum Gasteiger partial charge on any atom is -0.0654 e. The Morgan fingerprint density at radius 1 is 0.727 bits per heavy atom. The van der Waals surface area contributed by atoms with E-state index in [1.807, 2.05) is 0 Å². The van der Waals surface area contributed by atoms with Gasteiger partial charge in [-0.25, -0.2) is 0 Å². The van der Waals surface area contributed by atoms with E-state index >= 15 is 0 Å². The maximum atomic E-state index is 2.52. The van der Waals surface area contributed by atoms with Crippen LogP contribution in [0.3, 0.4) is 0 Å². The lowest BCUT2D eigenvalue weighted by atomic mass is 9.75. The predicted molar refractivity (Wildman–Crippen MR) is 101 cm³/mol. The molecule has 1 saturated carbocycles. The first-order chi connectivity index (χ1) is 10.5. The van der Waals surface area contributed by atoms with E-state index in [1.165, 1.54) is 70.6 Å². The SMILES string of the molecule is CCCCCCC(C)C(C)C(C)C(C)CCCC1(CC)CC1. The highest BCUT2D eigenvalue weighted by Crippen LogP contribution is 2.52. The summed E-state index contributed by atoms with van der Waals surface area (Å²) < 4.78 is 0. The van der Waals surface area contributed by atoms with Gasteiger partial charge in [-0.15, -0.1) is 0 Å². The molecule has 0 nitrogen and oxygen atoms in total. The Morgan fingerprint density at radius 2 is 1.27 bits per heavy atom. The van der Waals surface area contributed by atoms with Gasteiger partial charge in [0.2, 0.25) is 0 Å². The van der Waals surface area contributed by atoms with Gasteiger partial charge in [0.05, 0.1) is 0 Å². The van der Waals surface area contributed by atoms with E-state index in [2.05, 4.69) is 41.5 Å². The van der Waals surface area contributed by atoms with Crippen LogP contribution in [0.15, 0.2) is 0 Å². The molecule has 0 amide bonds. The molecule has 0 heterocycles. The Kier molecular flexibility index (Phi) is 9.10. The second-order valence-corrected chi connectivity index (χ2v) is 8.77. The highest BCUT2D eigenvalue weighted by molar-refractivity contribution is 4.91. The third-order valence-electron chi connectivity index (χ3n) is 7.21. The van der Waals surface area contributed by atoms with E-state index in [9.17, 15) is 0 Å². The second-order valence-electron chi connectivity index (χ2n) is 8.77. The van der Waals surface area contributed by atoms with Crippen LogP contribution in [-0.2, 0) is 0 Å². The first-order valence-electron chi connectivity index (χ1n) is 10.5. The standard InChI is InChI=1S/C22H44/c1-7-9-10-11-13-18(3)20(5)21(6)19(4)14-12-15-22(8-2)16-17-22/h18-21H,7-17H2,1-6H3. The number of hydrogen-bond donors (Lipinski definition) is 0. The van der Waals surface area contributed by atoms with Gasteiger partial charge in [0.1, 0.15) is 0 Å². The van der Waals surface area contributed by atoms with Crippen LogP contribution in [0.25, 0.3) is 0 Å². The minimum atomic E-state index is 0.793. The van der Waals surface area contributed by atoms with Crippen molar-refractivity contribution in [2.24, 2.45) is 29.1 Å². The third-order valence-corrected chi connectivity index (χ3v) is 7.21. The van der Waals surface area contributed by atoms with E-state index in [0.717, 1.165) is 29.1 Å². The maximum Gasteiger partial charge on any atom is -0.0300 e. The van der Waals surface area contributed by atoms with E-state index in [0.29, 0.717) is 0 Å². The van der Waals surface area contributed by atoms with Crippen LogP contribution < -0.4 is 0 Å². The summed E-state index contributed by atoms with van der Waals surface area (Å²) in [4.78, 5) is 0. The van der Waals surface area contributed by atoms with E-state index in [4.69, 9.17) is 0 Å². The summed E-state index contributed by atoms with van der Waals surface area (Å²) >= 11 is 0. The summed E-state index contributed by atoms with van der Waals surface area (Å²) in [6, 6.07) is 0. The highest BCUT2D eigenvalue weighted by atomic mass is 14.4. The summed E-state index contributed by atoms with van der Waals surface area (Å²) in [6.07, 6.45) is 16.0. The molecule has 0 aromatic carbocycles. The van der Waals surface area contributed by atoms with Gasteiger partial charge in [-0.05, 0) is 48.3 Å². The molecule has 0 spiro atoms. The zero-order valence-electron chi connectivity index (χ0n) is 16.6. The van der Waals surface area contributed by atoms with Crippen molar-refractivity contribution in [1.29, 1.82) is 0 Å². The normalized spacial score (nSPS) is 22.1. The summed E-state index contributed by atoms with van der Waals surface area (Å²) in [5.74, 6) is 3.58. The molecule has 1 rings (SSSR count). The third kappa shape index (κ3) is 6.63. The summed E-state index contributed by atoms with van der Waals surface area (Å²) in [5.41, 5.74) is 0.793. The topological polar surface area (TPSA) is 0 Å². The van der Waals surface area contributed by atoms with Crippen molar-refractivity contribution in [2.75, 3.05) is 0 Å². The quantitative estimate of drug-likeness (QED) is 0.304. The van der Waals surface area contributed by atoms with Gasteiger partial charge >= 0.3 is 0 Å². The molecule has 22 heavy (non-hydrogen) atoms. The molecule has 4 unspecified atom stereocenters. The zero-order valence-corrected chi connectivity index (χ0v) is 16.6. The Bertz CT molecular complexity index is 276. The predicted octanol–water partition coefficient (Wildman–Crippen LogP) is 7.86. The van der Waals surface area contributed by atoms with Gasteiger partial charge in [0.25, 0.3) is 0 Å². The van der Waals surface area contributed by atoms with Gasteiger partial charge < -0.3 is 0 Å². The molecule has 4 atom stereocenters. The average molecular weight is 309 g/mol. The molecule has 0 heteroatoms. The molecule has 0 aromatic rings. The van der Waals surface area contributed by atoms with Gasteiger partial charge in [-0.2, -0.15) is 0 Å². The maximum absolute atomic E-state index is 2.52. The Balaban J connectivity index is 2.20. The first-order valence-corrected chi connectivity index (χ1v) is 10.5. The van der Waals surface area contributed by atoms with Crippen LogP contribution in [-0.4, -0.2) is 0 Å². The molecule has 0 aromatic heterocycles. The van der Waals surface area contributed by atoms with Crippen LogP contribution in [0.5, 0.6) is 0 Å². The lowest BCUT2D eigenvalue weighted by Crippen LogP contribution is -2.22. The van der Waals surface area contributed by atoms with Crippen molar-refractivity contribution in [1.82, 2.24) is 0 Å². The van der Waals surface area contributed by atoms with Crippen LogP contribution in [0.2, 0.25) is 0 Å². The molecule has 1 aliphatic rings. The van der Waals surface area contributed by atoms with Crippen molar-refractivity contribution in [3.05, 3.63) is 0 Å². The summed E-state index contributed by atoms with van der Waals surface area (Å²) in [7, 11) is 0. The van der Waals surface area contributed by atoms with Crippen molar-refractivity contribution < 1.29 is 0 Å². The van der Waals surface area contributed by atoms with Crippen LogP contribution in [0, 0.1) is 29.1 Å². The molecule has 0 radical (unpaired) electrons. The fourth-order valence-electron chi connectivity index (χ4n) is 4.21. The monoisotopic (exact) mass is 308 g/mol. The summed E-state index contributed by atoms with van der Waals surface area (Å²) in [5, 5.41) is 0. The Hall–Kier alpha value is 0. The fourth-order valence-corrected chi connectivity index (χ4v) is 4.21. The van der Waals surface area contributed by atoms with Gasteiger partial charge in [-0.3, -0.25) is 0 Å². The van der Waals surface area contributed by atoms with Crippen molar-refractivity contribution in [3.63, 3.8) is 0 Å². The van der Waals surface area contributed by atoms with Gasteiger partial charge in [0.15, 0.2) is 0 Å². The van der Waals surface area contributed by atoms with Crippen LogP contribution >= 0.6 is 0 Å². The smallest absolute Gasteiger partial charge is 0.0300 e. The van der Waals surface area contributed by atoms with E-state index in [-0.39, 0.29) is 0 Å². The lowest BCUT2D eigenvalue weighted by Gasteiger charge is -2.31. The van der Waals surface area contributed by atoms with Crippen LogP contribution in [0.4, 0.5) is 0 Å². The van der Waals surface area contributed by atoms with Gasteiger partial charge in [-0.1, -0.05) is 92.9 Å². The minimum absolute atomic E-state index is 0.793. The fraction of sp³-hybridized carbons (Fsp3) is 1.00. The van der Waals surface area contributed by atoms with Crippen molar-refractivity contribution >= 4 is 0 Å². The second kappa shape index (κ2) is 9.99. The van der Waals surface area contributed by atoms with Gasteiger partial charge in [0, 0.05) is 0 Å². The summed E-state index contributed by atoms with van der Waals surface area (Å²) in [6.45, 7) is 14.7. The molecule has 0 N–H and O–H groups in total. The van der Waals surface area contributed by atoms with E-state index in [1.54, 1.807) is 0 Å². The molecule has 1 aliphatic carbocycles. The lowest BCUT2D eigenvalue weighted by molar-refractivity contribution is 0.189. The molecule has 0 saturated heterocycles. The molecular weight excluding hydrogens is 264 g/mol. The number of unbranched alkanes of at least 4 members (excludes halogenated alkanes) is 3. The molecule has 132 valence electrons.